The van der Waals surface area contributed by atoms with Gasteiger partial charge in [0.25, 0.3) is 0 Å². The lowest BCUT2D eigenvalue weighted by Gasteiger charge is -2.05. The van der Waals surface area contributed by atoms with E-state index in [0.717, 1.165) is 0 Å². The summed E-state index contributed by atoms with van der Waals surface area (Å²) < 4.78 is 0. The first-order chi connectivity index (χ1) is 4.18. The summed E-state index contributed by atoms with van der Waals surface area (Å²) in [6, 6.07) is 0. The Morgan fingerprint density at radius 1 is 1.33 bits per heavy atom. The maximum absolute atomic E-state index is 7.18. The molecule has 0 aliphatic carbocycles. The van der Waals surface area contributed by atoms with Gasteiger partial charge in [0.1, 0.15) is 0 Å². The fourth-order valence-corrected chi connectivity index (χ4v) is 1.40. The van der Waals surface area contributed by atoms with Crippen molar-refractivity contribution in [2.75, 3.05) is 0 Å². The summed E-state index contributed by atoms with van der Waals surface area (Å²) in [6.07, 6.45) is 3.31. The van der Waals surface area contributed by atoms with Crippen LogP contribution in [0, 0.1) is 5.41 Å². The van der Waals surface area contributed by atoms with Gasteiger partial charge >= 0.3 is 0 Å². The van der Waals surface area contributed by atoms with Crippen LogP contribution in [0.2, 0.25) is 0 Å². The summed E-state index contributed by atoms with van der Waals surface area (Å²) >= 11 is 0. The minimum atomic E-state index is 0.301. The van der Waals surface area contributed by atoms with E-state index in [-0.39, 0.29) is 0 Å². The smallest absolute Gasteiger partial charge is 0.169 e. The highest BCUT2D eigenvalue weighted by atomic mass is 28.2. The third kappa shape index (κ3) is 1.43. The van der Waals surface area contributed by atoms with Crippen LogP contribution in [-0.4, -0.2) is 14.9 Å². The molecule has 5 N–H and O–H groups in total. The van der Waals surface area contributed by atoms with Gasteiger partial charge in [-0.3, -0.25) is 0 Å². The van der Waals surface area contributed by atoms with E-state index in [0.29, 0.717) is 25.9 Å². The minimum Gasteiger partial charge on any atom is -0.406 e. The van der Waals surface area contributed by atoms with E-state index in [2.05, 4.69) is 0 Å². The second-order valence-electron chi connectivity index (χ2n) is 1.78. The molecule has 1 aliphatic rings. The van der Waals surface area contributed by atoms with E-state index in [1.54, 1.807) is 12.2 Å². The van der Waals surface area contributed by atoms with Crippen LogP contribution in [0.15, 0.2) is 23.2 Å². The summed E-state index contributed by atoms with van der Waals surface area (Å²) in [6.45, 7) is 0. The van der Waals surface area contributed by atoms with E-state index >= 15 is 0 Å². The van der Waals surface area contributed by atoms with Crippen LogP contribution in [0.4, 0.5) is 0 Å². The molecule has 1 rings (SSSR count). The largest absolute Gasteiger partial charge is 0.406 e. The number of nitrogens with one attached hydrogen (secondary N) is 1. The predicted molar refractivity (Wildman–Crippen MR) is 38.0 cm³/mol. The summed E-state index contributed by atoms with van der Waals surface area (Å²) in [5.41, 5.74) is 11.4. The number of hydrogen-bond acceptors (Lipinski definition) is 3. The molecule has 0 unspecified atom stereocenters. The highest BCUT2D eigenvalue weighted by Gasteiger charge is 2.04. The monoisotopic (exact) mass is 137 g/mol. The van der Waals surface area contributed by atoms with Crippen molar-refractivity contribution in [2.24, 2.45) is 11.5 Å². The Kier molecular flexibility index (Phi) is 1.40. The van der Waals surface area contributed by atoms with Crippen LogP contribution in [-0.2, 0) is 0 Å². The Morgan fingerprint density at radius 2 is 2.00 bits per heavy atom. The molecule has 0 fully saturated rings. The van der Waals surface area contributed by atoms with Gasteiger partial charge in [0.2, 0.25) is 0 Å². The van der Waals surface area contributed by atoms with Crippen molar-refractivity contribution in [1.29, 1.82) is 5.41 Å². The molecule has 0 bridgehead atoms. The van der Waals surface area contributed by atoms with Crippen molar-refractivity contribution in [3.05, 3.63) is 23.2 Å². The normalized spacial score (nSPS) is 18.9. The Morgan fingerprint density at radius 3 is 2.44 bits per heavy atom. The molecule has 9 heavy (non-hydrogen) atoms. The van der Waals surface area contributed by atoms with Crippen molar-refractivity contribution in [1.82, 2.24) is 0 Å². The molecule has 46 valence electrons. The summed E-state index contributed by atoms with van der Waals surface area (Å²) in [4.78, 5) is 0. The molecule has 0 saturated carbocycles. The molecule has 0 atom stereocenters. The van der Waals surface area contributed by atoms with Gasteiger partial charge in [-0.2, -0.15) is 0 Å². The predicted octanol–water partition coefficient (Wildman–Crippen LogP) is -0.676. The van der Waals surface area contributed by atoms with Gasteiger partial charge in [-0.25, -0.2) is 0 Å². The lowest BCUT2D eigenvalue weighted by molar-refractivity contribution is 1.37. The molecule has 0 aromatic carbocycles. The van der Waals surface area contributed by atoms with Crippen molar-refractivity contribution in [3.63, 3.8) is 0 Å². The zero-order valence-corrected chi connectivity index (χ0v) is 5.81. The fraction of sp³-hybridized carbons (Fsp3) is 0. The maximum Gasteiger partial charge on any atom is 0.169 e. The highest BCUT2D eigenvalue weighted by Crippen LogP contribution is 1.98. The highest BCUT2D eigenvalue weighted by molar-refractivity contribution is 6.82. The molecule has 1 heterocycles. The lowest BCUT2D eigenvalue weighted by atomic mass is 10.4. The first kappa shape index (κ1) is 6.09. The fourth-order valence-electron chi connectivity index (χ4n) is 0.616. The van der Waals surface area contributed by atoms with Crippen LogP contribution in [0.1, 0.15) is 0 Å². The van der Waals surface area contributed by atoms with E-state index in [1.165, 1.54) is 0 Å². The second-order valence-corrected chi connectivity index (χ2v) is 3.15. The third-order valence-electron chi connectivity index (χ3n) is 0.912. The van der Waals surface area contributed by atoms with Gasteiger partial charge in [-0.15, -0.1) is 0 Å². The number of nitrogens with two attached hydrogens (primary N) is 2. The molecule has 0 saturated heterocycles. The lowest BCUT2D eigenvalue weighted by Crippen LogP contribution is -2.21. The summed E-state index contributed by atoms with van der Waals surface area (Å²) in [5.74, 6) is 0. The Bertz CT molecular complexity index is 204. The van der Waals surface area contributed by atoms with Crippen LogP contribution in [0.25, 0.3) is 0 Å². The Balaban J connectivity index is 2.86. The number of rotatable bonds is 0. The van der Waals surface area contributed by atoms with Crippen molar-refractivity contribution in [2.45, 2.75) is 0 Å². The van der Waals surface area contributed by atoms with Crippen LogP contribution in [0.5, 0.6) is 0 Å². The molecule has 0 spiro atoms. The average Bonchev–Trinajstić information content (AvgIpc) is 1.59. The molecular weight excluding hydrogens is 130 g/mol. The molecule has 2 radical (unpaired) electrons. The maximum atomic E-state index is 7.18. The van der Waals surface area contributed by atoms with E-state index < -0.39 is 0 Å². The zero-order valence-electron chi connectivity index (χ0n) is 4.81. The van der Waals surface area contributed by atoms with Crippen molar-refractivity contribution in [3.8, 4) is 0 Å². The van der Waals surface area contributed by atoms with E-state index in [1.807, 2.05) is 0 Å². The van der Waals surface area contributed by atoms with Gasteiger partial charge in [-0.1, -0.05) is 0 Å². The average molecular weight is 137 g/mol. The summed E-state index contributed by atoms with van der Waals surface area (Å²) in [7, 11) is 0.301. The van der Waals surface area contributed by atoms with Gasteiger partial charge in [-0.05, 0) is 17.5 Å². The van der Waals surface area contributed by atoms with E-state index in [9.17, 15) is 0 Å². The number of allylic oxidation sites excluding steroid dienone is 2. The third-order valence-corrected chi connectivity index (χ3v) is 1.76. The molecule has 3 nitrogen and oxygen atoms in total. The Labute approximate surface area is 55.8 Å². The first-order valence-corrected chi connectivity index (χ1v) is 3.48. The molecule has 1 aliphatic heterocycles. The first-order valence-electron chi connectivity index (χ1n) is 2.48. The molecule has 4 heteroatoms. The minimum absolute atomic E-state index is 0.301. The number of hydrogen-bond donors (Lipinski definition) is 3. The molecule has 0 amide bonds. The molecular formula is C5H7N3Si. The second kappa shape index (κ2) is 2.06. The molecule has 0 aromatic rings. The quantitative estimate of drug-likeness (QED) is 0.387. The van der Waals surface area contributed by atoms with Crippen LogP contribution >= 0.6 is 0 Å². The van der Waals surface area contributed by atoms with Crippen LogP contribution < -0.4 is 11.5 Å². The van der Waals surface area contributed by atoms with Gasteiger partial charge in [0.05, 0.1) is 0 Å². The van der Waals surface area contributed by atoms with E-state index in [4.69, 9.17) is 16.9 Å². The standard InChI is InChI=1S/C5H7N3Si/c6-3-1-4(7)9-5(8)2-3/h1-2,7H,6,8H2. The van der Waals surface area contributed by atoms with Crippen LogP contribution in [0.3, 0.4) is 0 Å². The molecule has 0 aromatic heterocycles. The van der Waals surface area contributed by atoms with Crippen molar-refractivity contribution >= 4 is 14.9 Å². The zero-order chi connectivity index (χ0) is 6.85. The Hall–Kier alpha value is -1.03. The summed E-state index contributed by atoms with van der Waals surface area (Å²) in [5, 5.41) is 8.39. The van der Waals surface area contributed by atoms with Gasteiger partial charge in [0.15, 0.2) is 9.52 Å². The van der Waals surface area contributed by atoms with Gasteiger partial charge < -0.3 is 16.9 Å². The SMILES string of the molecule is N=C1C=C(N)C=C(N)[Si]1. The topological polar surface area (TPSA) is 75.9 Å². The van der Waals surface area contributed by atoms with Crippen molar-refractivity contribution < 1.29 is 0 Å². The van der Waals surface area contributed by atoms with Gasteiger partial charge in [0, 0.05) is 11.0 Å².